The van der Waals surface area contributed by atoms with Crippen molar-refractivity contribution in [2.75, 3.05) is 39.3 Å². The summed E-state index contributed by atoms with van der Waals surface area (Å²) in [4.78, 5) is 31.6. The van der Waals surface area contributed by atoms with Crippen LogP contribution in [0.1, 0.15) is 37.2 Å². The molecule has 7 heteroatoms. The largest absolute Gasteiger partial charge is 0.340 e. The molecule has 0 aromatic heterocycles. The van der Waals surface area contributed by atoms with Crippen molar-refractivity contribution in [1.82, 2.24) is 14.7 Å². The van der Waals surface area contributed by atoms with Crippen molar-refractivity contribution in [3.63, 3.8) is 0 Å². The Morgan fingerprint density at radius 2 is 1.54 bits per heavy atom. The first-order chi connectivity index (χ1) is 13.1. The van der Waals surface area contributed by atoms with E-state index < -0.39 is 0 Å². The van der Waals surface area contributed by atoms with Crippen molar-refractivity contribution in [3.8, 4) is 0 Å². The number of benzene rings is 1. The average Bonchev–Trinajstić information content (AvgIpc) is 3.37. The Bertz CT molecular complexity index is 680. The zero-order chi connectivity index (χ0) is 18.8. The predicted molar refractivity (Wildman–Crippen MR) is 111 cm³/mol. The molecule has 2 N–H and O–H groups in total. The van der Waals surface area contributed by atoms with Gasteiger partial charge >= 0.3 is 6.03 Å². The number of piperidine rings is 1. The molecule has 3 saturated heterocycles. The fourth-order valence-corrected chi connectivity index (χ4v) is 4.78. The summed E-state index contributed by atoms with van der Waals surface area (Å²) in [5.41, 5.74) is 7.57. The van der Waals surface area contributed by atoms with Crippen LogP contribution in [0.3, 0.4) is 0 Å². The third-order valence-electron chi connectivity index (χ3n) is 6.32. The highest BCUT2D eigenvalue weighted by atomic mass is 35.5. The maximum atomic E-state index is 13.1. The van der Waals surface area contributed by atoms with E-state index in [1.807, 2.05) is 32.9 Å². The molecule has 28 heavy (non-hydrogen) atoms. The van der Waals surface area contributed by atoms with Gasteiger partial charge in [0.2, 0.25) is 5.91 Å². The highest BCUT2D eigenvalue weighted by molar-refractivity contribution is 5.85. The molecule has 3 heterocycles. The first kappa shape index (κ1) is 20.9. The molecule has 3 amide bonds. The first-order valence-electron chi connectivity index (χ1n) is 10.3. The Kier molecular flexibility index (Phi) is 6.83. The lowest BCUT2D eigenvalue weighted by molar-refractivity contribution is -0.136. The third-order valence-corrected chi connectivity index (χ3v) is 6.32. The zero-order valence-electron chi connectivity index (χ0n) is 16.3. The number of carbonyl (C=O) groups excluding carboxylic acids is 2. The van der Waals surface area contributed by atoms with Crippen molar-refractivity contribution in [2.45, 2.75) is 37.6 Å². The second-order valence-corrected chi connectivity index (χ2v) is 8.19. The number of nitrogens with zero attached hydrogens (tertiary/aromatic N) is 3. The maximum Gasteiger partial charge on any atom is 0.320 e. The molecule has 3 fully saturated rings. The van der Waals surface area contributed by atoms with Crippen molar-refractivity contribution in [3.05, 3.63) is 35.9 Å². The minimum Gasteiger partial charge on any atom is -0.340 e. The molecule has 0 spiro atoms. The Labute approximate surface area is 173 Å². The Hall–Kier alpha value is -1.79. The van der Waals surface area contributed by atoms with Crippen LogP contribution in [0, 0.1) is 5.92 Å². The molecule has 3 aliphatic rings. The van der Waals surface area contributed by atoms with Gasteiger partial charge in [0.1, 0.15) is 0 Å². The van der Waals surface area contributed by atoms with Crippen molar-refractivity contribution < 1.29 is 9.59 Å². The van der Waals surface area contributed by atoms with E-state index in [-0.39, 0.29) is 42.2 Å². The van der Waals surface area contributed by atoms with Gasteiger partial charge in [-0.05, 0) is 31.2 Å². The van der Waals surface area contributed by atoms with Gasteiger partial charge in [-0.1, -0.05) is 30.3 Å². The second kappa shape index (κ2) is 9.14. The highest BCUT2D eigenvalue weighted by Gasteiger charge is 2.38. The summed E-state index contributed by atoms with van der Waals surface area (Å²) in [6, 6.07) is 10.3. The summed E-state index contributed by atoms with van der Waals surface area (Å²) in [6.07, 6.45) is 3.95. The molecule has 0 bridgehead atoms. The van der Waals surface area contributed by atoms with Crippen LogP contribution in [-0.2, 0) is 4.79 Å². The molecule has 3 aliphatic heterocycles. The number of hydrogen-bond donors (Lipinski definition) is 1. The molecule has 154 valence electrons. The Morgan fingerprint density at radius 3 is 2.25 bits per heavy atom. The van der Waals surface area contributed by atoms with E-state index in [1.165, 1.54) is 5.56 Å². The molecule has 1 aromatic carbocycles. The van der Waals surface area contributed by atoms with Gasteiger partial charge in [-0.25, -0.2) is 4.79 Å². The predicted octanol–water partition coefficient (Wildman–Crippen LogP) is 2.29. The Balaban J connectivity index is 0.00000225. The number of likely N-dealkylation sites (tertiary alicyclic amines) is 3. The SMILES string of the molecule is Cl.N[C@@H]1CN(C(=O)C2CCCN(C(=O)N3CCCC3)C2)C[C@H]1c1ccccc1. The minimum atomic E-state index is -0.0907. The van der Waals surface area contributed by atoms with Crippen LogP contribution < -0.4 is 5.73 Å². The summed E-state index contributed by atoms with van der Waals surface area (Å²) >= 11 is 0. The van der Waals surface area contributed by atoms with Gasteiger partial charge in [-0.2, -0.15) is 0 Å². The summed E-state index contributed by atoms with van der Waals surface area (Å²) < 4.78 is 0. The number of hydrogen-bond acceptors (Lipinski definition) is 3. The molecule has 3 atom stereocenters. The summed E-state index contributed by atoms with van der Waals surface area (Å²) in [5.74, 6) is 0.274. The van der Waals surface area contributed by atoms with Crippen LogP contribution in [0.25, 0.3) is 0 Å². The van der Waals surface area contributed by atoms with Crippen LogP contribution in [-0.4, -0.2) is 71.9 Å². The lowest BCUT2D eigenvalue weighted by atomic mass is 9.95. The van der Waals surface area contributed by atoms with Gasteiger partial charge < -0.3 is 20.4 Å². The standard InChI is InChI=1S/C21H30N4O2.ClH/c22-19-15-25(14-18(19)16-7-2-1-3-8-16)20(26)17-9-6-12-24(13-17)21(27)23-10-4-5-11-23;/h1-3,7-8,17-19H,4-6,9-15,22H2;1H/t17?,18-,19+;/m0./s1. The number of halogens is 1. The molecule has 0 aliphatic carbocycles. The molecule has 0 radical (unpaired) electrons. The van der Waals surface area contributed by atoms with Crippen LogP contribution in [0.2, 0.25) is 0 Å². The Morgan fingerprint density at radius 1 is 0.857 bits per heavy atom. The smallest absolute Gasteiger partial charge is 0.320 e. The monoisotopic (exact) mass is 406 g/mol. The van der Waals surface area contributed by atoms with Crippen LogP contribution in [0.4, 0.5) is 4.79 Å². The van der Waals surface area contributed by atoms with Gasteiger partial charge in [0.05, 0.1) is 5.92 Å². The van der Waals surface area contributed by atoms with Gasteiger partial charge in [-0.3, -0.25) is 4.79 Å². The van der Waals surface area contributed by atoms with Crippen molar-refractivity contribution in [1.29, 1.82) is 0 Å². The zero-order valence-corrected chi connectivity index (χ0v) is 17.2. The lowest BCUT2D eigenvalue weighted by Crippen LogP contribution is -2.50. The molecule has 1 aromatic rings. The van der Waals surface area contributed by atoms with E-state index in [9.17, 15) is 9.59 Å². The fraction of sp³-hybridized carbons (Fsp3) is 0.619. The summed E-state index contributed by atoms with van der Waals surface area (Å²) in [7, 11) is 0. The van der Waals surface area contributed by atoms with E-state index >= 15 is 0 Å². The molecular formula is C21H31ClN4O2. The number of nitrogens with two attached hydrogens (primary N) is 1. The molecule has 4 rings (SSSR count). The highest BCUT2D eigenvalue weighted by Crippen LogP contribution is 2.29. The third kappa shape index (κ3) is 4.28. The summed E-state index contributed by atoms with van der Waals surface area (Å²) in [6.45, 7) is 4.32. The minimum absolute atomic E-state index is 0. The van der Waals surface area contributed by atoms with Gasteiger partial charge in [0, 0.05) is 51.2 Å². The second-order valence-electron chi connectivity index (χ2n) is 8.19. The van der Waals surface area contributed by atoms with Gasteiger partial charge in [0.15, 0.2) is 0 Å². The number of urea groups is 1. The van der Waals surface area contributed by atoms with Gasteiger partial charge in [0.25, 0.3) is 0 Å². The topological polar surface area (TPSA) is 69.9 Å². The fourth-order valence-electron chi connectivity index (χ4n) is 4.78. The average molecular weight is 407 g/mol. The van der Waals surface area contributed by atoms with Crippen LogP contribution >= 0.6 is 12.4 Å². The van der Waals surface area contributed by atoms with Crippen LogP contribution in [0.5, 0.6) is 0 Å². The quantitative estimate of drug-likeness (QED) is 0.819. The number of amides is 3. The molecule has 1 unspecified atom stereocenters. The van der Waals surface area contributed by atoms with E-state index in [1.54, 1.807) is 0 Å². The van der Waals surface area contributed by atoms with Gasteiger partial charge in [-0.15, -0.1) is 12.4 Å². The normalized spacial score (nSPS) is 27.6. The molecule has 0 saturated carbocycles. The van der Waals surface area contributed by atoms with Crippen molar-refractivity contribution >= 4 is 24.3 Å². The van der Waals surface area contributed by atoms with E-state index in [2.05, 4.69) is 12.1 Å². The lowest BCUT2D eigenvalue weighted by Gasteiger charge is -2.36. The molecular weight excluding hydrogens is 376 g/mol. The first-order valence-corrected chi connectivity index (χ1v) is 10.3. The number of rotatable bonds is 2. The van der Waals surface area contributed by atoms with E-state index in [0.29, 0.717) is 19.6 Å². The number of carbonyl (C=O) groups is 2. The van der Waals surface area contributed by atoms with Crippen molar-refractivity contribution in [2.24, 2.45) is 11.7 Å². The molecule has 6 nitrogen and oxygen atoms in total. The summed E-state index contributed by atoms with van der Waals surface area (Å²) in [5, 5.41) is 0. The maximum absolute atomic E-state index is 13.1. The van der Waals surface area contributed by atoms with E-state index in [0.717, 1.165) is 45.3 Å². The van der Waals surface area contributed by atoms with Crippen LogP contribution in [0.15, 0.2) is 30.3 Å². The van der Waals surface area contributed by atoms with E-state index in [4.69, 9.17) is 5.73 Å².